The number of amides is 2. The van der Waals surface area contributed by atoms with Crippen molar-refractivity contribution in [3.8, 4) is 0 Å². The molecule has 1 saturated heterocycles. The van der Waals surface area contributed by atoms with E-state index in [-0.39, 0.29) is 29.1 Å². The fourth-order valence-corrected chi connectivity index (χ4v) is 6.22. The smallest absolute Gasteiger partial charge is 0.249 e. The minimum absolute atomic E-state index is 0.00314. The average Bonchev–Trinajstić information content (AvgIpc) is 3.44. The first kappa shape index (κ1) is 26.2. The van der Waals surface area contributed by atoms with Gasteiger partial charge in [0.15, 0.2) is 9.84 Å². The van der Waals surface area contributed by atoms with E-state index >= 15 is 0 Å². The number of sulfone groups is 1. The number of aliphatic hydroxyl groups is 1. The summed E-state index contributed by atoms with van der Waals surface area (Å²) in [5.41, 5.74) is 8.17. The van der Waals surface area contributed by atoms with Gasteiger partial charge in [-0.05, 0) is 54.3 Å². The van der Waals surface area contributed by atoms with Crippen LogP contribution in [0.2, 0.25) is 0 Å². The van der Waals surface area contributed by atoms with Crippen LogP contribution in [0.3, 0.4) is 0 Å². The molecule has 1 aliphatic carbocycles. The van der Waals surface area contributed by atoms with Gasteiger partial charge < -0.3 is 20.6 Å². The Labute approximate surface area is 213 Å². The molecule has 36 heavy (non-hydrogen) atoms. The molecule has 1 atom stereocenters. The van der Waals surface area contributed by atoms with Crippen LogP contribution in [0.1, 0.15) is 60.0 Å². The number of carbonyl (C=O) groups is 2. The zero-order chi connectivity index (χ0) is 25.9. The highest BCUT2D eigenvalue weighted by molar-refractivity contribution is 7.91. The van der Waals surface area contributed by atoms with Gasteiger partial charge in [-0.15, -0.1) is 0 Å². The van der Waals surface area contributed by atoms with Crippen molar-refractivity contribution in [3.05, 3.63) is 59.2 Å². The number of nitrogens with zero attached hydrogens (tertiary/aromatic N) is 2. The summed E-state index contributed by atoms with van der Waals surface area (Å²) in [6.07, 6.45) is 4.25. The monoisotopic (exact) mass is 513 g/mol. The van der Waals surface area contributed by atoms with Gasteiger partial charge in [0.25, 0.3) is 0 Å². The summed E-state index contributed by atoms with van der Waals surface area (Å²) < 4.78 is 24.4. The summed E-state index contributed by atoms with van der Waals surface area (Å²) in [6.45, 7) is 3.99. The van der Waals surface area contributed by atoms with Crippen LogP contribution in [0.25, 0.3) is 0 Å². The Balaban J connectivity index is 1.56. The molecule has 0 radical (unpaired) electrons. The number of primary amides is 1. The second-order valence-corrected chi connectivity index (χ2v) is 11.9. The number of hydrogen-bond donors (Lipinski definition) is 2. The zero-order valence-corrected chi connectivity index (χ0v) is 21.5. The lowest BCUT2D eigenvalue weighted by Gasteiger charge is -2.37. The minimum Gasteiger partial charge on any atom is -0.395 e. The topological polar surface area (TPSA) is 121 Å². The Morgan fingerprint density at radius 1 is 1.03 bits per heavy atom. The van der Waals surface area contributed by atoms with Gasteiger partial charge in [-0.1, -0.05) is 31.9 Å². The van der Waals surface area contributed by atoms with Gasteiger partial charge in [-0.25, -0.2) is 8.42 Å². The molecule has 9 heteroatoms. The van der Waals surface area contributed by atoms with Crippen molar-refractivity contribution in [2.75, 3.05) is 43.4 Å². The largest absolute Gasteiger partial charge is 0.395 e. The van der Waals surface area contributed by atoms with E-state index in [4.69, 9.17) is 5.73 Å². The number of carbonyl (C=O) groups excluding carboxylic acids is 2. The summed E-state index contributed by atoms with van der Waals surface area (Å²) in [7, 11) is -3.34. The molecule has 0 aromatic heterocycles. The molecule has 2 amide bonds. The van der Waals surface area contributed by atoms with Gasteiger partial charge in [0, 0.05) is 49.3 Å². The second-order valence-electron chi connectivity index (χ2n) is 9.64. The lowest BCUT2D eigenvalue weighted by Crippen LogP contribution is -2.50. The molecule has 0 spiro atoms. The van der Waals surface area contributed by atoms with Gasteiger partial charge in [0.1, 0.15) is 0 Å². The van der Waals surface area contributed by atoms with Crippen LogP contribution < -0.4 is 10.6 Å². The van der Waals surface area contributed by atoms with Crippen LogP contribution in [0.5, 0.6) is 0 Å². The number of benzene rings is 2. The van der Waals surface area contributed by atoms with Crippen molar-refractivity contribution in [2.24, 2.45) is 11.7 Å². The van der Waals surface area contributed by atoms with E-state index in [1.807, 2.05) is 17.0 Å². The van der Waals surface area contributed by atoms with Crippen LogP contribution in [0.15, 0.2) is 47.4 Å². The maximum Gasteiger partial charge on any atom is 0.249 e. The number of nitrogens with two attached hydrogens (primary N) is 1. The summed E-state index contributed by atoms with van der Waals surface area (Å²) in [4.78, 5) is 29.4. The molecule has 1 unspecified atom stereocenters. The molecule has 2 fully saturated rings. The Bertz CT molecular complexity index is 1200. The minimum atomic E-state index is -3.34. The van der Waals surface area contributed by atoms with Crippen molar-refractivity contribution < 1.29 is 23.1 Å². The van der Waals surface area contributed by atoms with Crippen molar-refractivity contribution in [1.29, 1.82) is 0 Å². The van der Waals surface area contributed by atoms with Crippen LogP contribution in [-0.4, -0.2) is 68.8 Å². The number of aliphatic hydroxyl groups excluding tert-OH is 1. The fraction of sp³-hybridized carbons (Fsp3) is 0.481. The van der Waals surface area contributed by atoms with E-state index in [2.05, 4.69) is 4.90 Å². The normalized spacial score (nSPS) is 17.8. The fourth-order valence-electron chi connectivity index (χ4n) is 5.33. The molecular weight excluding hydrogens is 478 g/mol. The van der Waals surface area contributed by atoms with Crippen LogP contribution >= 0.6 is 0 Å². The standard InChI is InChI=1S/C27H35N3O5S/c1-2-36(34,35)22-10-7-19(8-11-22)25(18-31)24-17-21(9-12-23(24)26(28)32)29-13-15-30(16-14-29)27(33)20-5-3-4-6-20/h7-12,17,20,25,31H,2-6,13-16,18H2,1H3,(H2,28,32). The quantitative estimate of drug-likeness (QED) is 0.560. The van der Waals surface area contributed by atoms with E-state index in [0.717, 1.165) is 31.4 Å². The van der Waals surface area contributed by atoms with Crippen molar-refractivity contribution in [2.45, 2.75) is 43.4 Å². The first-order chi connectivity index (χ1) is 17.2. The zero-order valence-electron chi connectivity index (χ0n) is 20.7. The Hall–Kier alpha value is -2.91. The summed E-state index contributed by atoms with van der Waals surface area (Å²) in [6, 6.07) is 11.8. The van der Waals surface area contributed by atoms with E-state index < -0.39 is 21.7 Å². The summed E-state index contributed by atoms with van der Waals surface area (Å²) >= 11 is 0. The molecule has 1 saturated carbocycles. The molecule has 2 aliphatic rings. The highest BCUT2D eigenvalue weighted by atomic mass is 32.2. The van der Waals surface area contributed by atoms with Crippen LogP contribution in [0, 0.1) is 5.92 Å². The SMILES string of the molecule is CCS(=O)(=O)c1ccc(C(CO)c2cc(N3CCN(C(=O)C4CCCC4)CC3)ccc2C(N)=O)cc1. The molecule has 8 nitrogen and oxygen atoms in total. The predicted molar refractivity (Wildman–Crippen MR) is 139 cm³/mol. The number of rotatable bonds is 8. The first-order valence-corrected chi connectivity index (χ1v) is 14.3. The molecule has 4 rings (SSSR count). The third-order valence-electron chi connectivity index (χ3n) is 7.54. The summed E-state index contributed by atoms with van der Waals surface area (Å²) in [5, 5.41) is 10.3. The van der Waals surface area contributed by atoms with Crippen molar-refractivity contribution in [1.82, 2.24) is 4.90 Å². The molecule has 1 heterocycles. The number of piperazine rings is 1. The van der Waals surface area contributed by atoms with Gasteiger partial charge in [0.05, 0.1) is 17.3 Å². The van der Waals surface area contributed by atoms with Crippen LogP contribution in [-0.2, 0) is 14.6 Å². The summed E-state index contributed by atoms with van der Waals surface area (Å²) in [5.74, 6) is -0.695. The Morgan fingerprint density at radius 3 is 2.22 bits per heavy atom. The molecular formula is C27H35N3O5S. The Kier molecular flexibility index (Phi) is 8.00. The van der Waals surface area contributed by atoms with E-state index in [0.29, 0.717) is 42.9 Å². The van der Waals surface area contributed by atoms with Gasteiger partial charge >= 0.3 is 0 Å². The third kappa shape index (κ3) is 5.42. The first-order valence-electron chi connectivity index (χ1n) is 12.7. The molecule has 2 aromatic rings. The number of anilines is 1. The van der Waals surface area contributed by atoms with E-state index in [9.17, 15) is 23.1 Å². The van der Waals surface area contributed by atoms with Gasteiger partial charge in [-0.2, -0.15) is 0 Å². The van der Waals surface area contributed by atoms with Gasteiger partial charge in [-0.3, -0.25) is 9.59 Å². The van der Waals surface area contributed by atoms with Crippen molar-refractivity contribution >= 4 is 27.3 Å². The second kappa shape index (κ2) is 11.0. The molecule has 0 bridgehead atoms. The maximum atomic E-state index is 12.8. The number of hydrogen-bond acceptors (Lipinski definition) is 6. The maximum absolute atomic E-state index is 12.8. The average molecular weight is 514 g/mol. The third-order valence-corrected chi connectivity index (χ3v) is 9.29. The predicted octanol–water partition coefficient (Wildman–Crippen LogP) is 2.54. The lowest BCUT2D eigenvalue weighted by molar-refractivity contribution is -0.135. The molecule has 3 N–H and O–H groups in total. The van der Waals surface area contributed by atoms with Crippen LogP contribution in [0.4, 0.5) is 5.69 Å². The highest BCUT2D eigenvalue weighted by Crippen LogP contribution is 2.32. The lowest BCUT2D eigenvalue weighted by atomic mass is 9.88. The molecule has 1 aliphatic heterocycles. The van der Waals surface area contributed by atoms with Crippen molar-refractivity contribution in [3.63, 3.8) is 0 Å². The molecule has 194 valence electrons. The van der Waals surface area contributed by atoms with Gasteiger partial charge in [0.2, 0.25) is 11.8 Å². The molecule has 2 aromatic carbocycles. The highest BCUT2D eigenvalue weighted by Gasteiger charge is 2.30. The van der Waals surface area contributed by atoms with E-state index in [1.54, 1.807) is 25.1 Å². The Morgan fingerprint density at radius 2 is 1.67 bits per heavy atom. The van der Waals surface area contributed by atoms with E-state index in [1.165, 1.54) is 12.1 Å².